The zero-order valence-corrected chi connectivity index (χ0v) is 80.3. The number of carbonyl (C=O) groups is 4. The summed E-state index contributed by atoms with van der Waals surface area (Å²) in [5.41, 5.74) is 27.4. The fraction of sp³-hybridized carbons (Fsp3) is 0.113. The molecule has 0 saturated carbocycles. The molecule has 4 amide bonds. The van der Waals surface area contributed by atoms with E-state index in [1.807, 2.05) is 175 Å². The molecule has 716 valence electrons. The monoisotopic (exact) mass is 1970 g/mol. The first-order valence-corrected chi connectivity index (χ1v) is 47.0. The number of carbonyl (C=O) groups excluding carboxylic acids is 4. The Balaban J connectivity index is 0.000000114. The van der Waals surface area contributed by atoms with Crippen LogP contribution in [0.2, 0.25) is 10.0 Å². The predicted octanol–water partition coefficient (Wildman–Crippen LogP) is 21.1. The van der Waals surface area contributed by atoms with Crippen molar-refractivity contribution >= 4 is 158 Å². The van der Waals surface area contributed by atoms with Crippen LogP contribution in [0.15, 0.2) is 270 Å². The van der Waals surface area contributed by atoms with Gasteiger partial charge in [-0.3, -0.25) is 89.4 Å². The highest BCUT2D eigenvalue weighted by Crippen LogP contribution is 2.40. The summed E-state index contributed by atoms with van der Waals surface area (Å²) in [6, 6.07) is 42.1. The Bertz CT molecular complexity index is 9080. The number of H-pyrrole nitrogens is 8. The Labute approximate surface area is 837 Å². The number of aromatic nitrogens is 30. The first kappa shape index (κ1) is 93.1. The Hall–Kier alpha value is -19.2. The standard InChI is InChI=1S/C28H23ClN8O.C27H21ClN8O.C26H21N9O.C25H19N9O/c1-15(2)6-24(38)33-20-8-17(10-30-12-20)18-9-21-26(36-37-27(21)32-11-18)28-34-23-14-31-13-22(25(23)35-28)16-4-3-5-19(29)7-16;1-14(2)27(37)32-19-7-16(9-29-11-19)17-8-20-24(35-36-25(20)31-10-17)26-33-22-13-30-12-21(23(22)34-26)15-4-3-5-18(28)6-15;1-14(2)26(36)31-17-7-15(9-27-11-17)16-8-18-23(34-35-24(18)30-10-16)25-32-21-13-28-12-19(22(21)33-25)20-5-3-4-6-29-20;1-2-21(35)30-16-7-14(9-26-11-16)15-8-17-23(33-34-24(17)29-10-15)25-31-20-13-27-12-18(22(20)32-25)19-5-3-4-6-28-19/h3-5,7-15H,6H2,1-2H3,(H,33,38)(H,34,35)(H,32,36,37);3-14H,1-2H3,(H,32,37)(H,33,34)(H,31,35,36);3-14H,1-2H3,(H,31,36)(H,32,33)(H,30,34,35);3-13H,2H2,1H3,(H,30,35)(H,31,32)(H,29,33,34). The molecule has 24 aromatic rings. The fourth-order valence-corrected chi connectivity index (χ4v) is 16.8. The lowest BCUT2D eigenvalue weighted by Gasteiger charge is -2.09. The van der Waals surface area contributed by atoms with Crippen LogP contribution >= 0.6 is 23.2 Å². The molecule has 22 heterocycles. The van der Waals surface area contributed by atoms with E-state index in [9.17, 15) is 19.2 Å². The van der Waals surface area contributed by atoms with Crippen LogP contribution in [0.3, 0.4) is 0 Å². The van der Waals surface area contributed by atoms with Crippen molar-refractivity contribution < 1.29 is 19.2 Å². The van der Waals surface area contributed by atoms with Gasteiger partial charge in [-0.1, -0.05) is 108 Å². The van der Waals surface area contributed by atoms with Crippen molar-refractivity contribution in [2.24, 2.45) is 17.8 Å². The largest absolute Gasteiger partial charge is 0.335 e. The number of benzene rings is 2. The maximum Gasteiger partial charge on any atom is 0.226 e. The molecule has 146 heavy (non-hydrogen) atoms. The zero-order valence-electron chi connectivity index (χ0n) is 78.8. The Kier molecular flexibility index (Phi) is 25.8. The third-order valence-corrected chi connectivity index (χ3v) is 24.1. The summed E-state index contributed by atoms with van der Waals surface area (Å²) < 4.78 is 0. The van der Waals surface area contributed by atoms with Gasteiger partial charge in [0.1, 0.15) is 33.8 Å². The summed E-state index contributed by atoms with van der Waals surface area (Å²) in [6.07, 6.45) is 38.8. The van der Waals surface area contributed by atoms with Gasteiger partial charge in [-0.25, -0.2) is 39.9 Å². The van der Waals surface area contributed by atoms with Crippen molar-refractivity contribution in [3.05, 3.63) is 280 Å². The third kappa shape index (κ3) is 19.8. The smallest absolute Gasteiger partial charge is 0.226 e. The van der Waals surface area contributed by atoms with Crippen LogP contribution in [0.5, 0.6) is 0 Å². The van der Waals surface area contributed by atoms with E-state index in [1.165, 1.54) is 0 Å². The molecule has 0 fully saturated rings. The lowest BCUT2D eigenvalue weighted by atomic mass is 10.1. The molecule has 12 N–H and O–H groups in total. The highest BCUT2D eigenvalue weighted by Gasteiger charge is 2.25. The van der Waals surface area contributed by atoms with Gasteiger partial charge in [-0.15, -0.1) is 0 Å². The summed E-state index contributed by atoms with van der Waals surface area (Å²) in [5.74, 6) is 2.24. The molecule has 0 aliphatic rings. The molecule has 0 aliphatic heterocycles. The number of halogens is 2. The van der Waals surface area contributed by atoms with Crippen LogP contribution < -0.4 is 21.3 Å². The van der Waals surface area contributed by atoms with Gasteiger partial charge in [0.15, 0.2) is 45.9 Å². The van der Waals surface area contributed by atoms with E-state index in [-0.39, 0.29) is 41.4 Å². The number of amides is 4. The highest BCUT2D eigenvalue weighted by molar-refractivity contribution is 6.31. The predicted molar refractivity (Wildman–Crippen MR) is 561 cm³/mol. The first-order chi connectivity index (χ1) is 71.2. The van der Waals surface area contributed by atoms with Crippen LogP contribution in [0, 0.1) is 17.8 Å². The van der Waals surface area contributed by atoms with Crippen molar-refractivity contribution in [1.82, 2.24) is 150 Å². The average Bonchev–Trinajstić information content (AvgIpc) is 1.63. The van der Waals surface area contributed by atoms with Crippen molar-refractivity contribution in [3.63, 3.8) is 0 Å². The molecular weight excluding hydrogens is 1880 g/mol. The lowest BCUT2D eigenvalue weighted by Crippen LogP contribution is -2.17. The van der Waals surface area contributed by atoms with E-state index >= 15 is 0 Å². The van der Waals surface area contributed by atoms with Gasteiger partial charge >= 0.3 is 0 Å². The van der Waals surface area contributed by atoms with Gasteiger partial charge < -0.3 is 41.2 Å². The van der Waals surface area contributed by atoms with Crippen LogP contribution in [-0.2, 0) is 19.2 Å². The molecule has 38 nitrogen and oxygen atoms in total. The maximum atomic E-state index is 12.2. The van der Waals surface area contributed by atoms with E-state index in [1.54, 1.807) is 143 Å². The second-order valence-corrected chi connectivity index (χ2v) is 36.0. The molecule has 0 bridgehead atoms. The summed E-state index contributed by atoms with van der Waals surface area (Å²) in [4.78, 5) is 143. The quantitative estimate of drug-likeness (QED) is 0.0318. The number of hydrogen-bond donors (Lipinski definition) is 12. The van der Waals surface area contributed by atoms with Crippen molar-refractivity contribution in [1.29, 1.82) is 0 Å². The second kappa shape index (κ2) is 40.5. The average molecular weight is 1970 g/mol. The van der Waals surface area contributed by atoms with Crippen molar-refractivity contribution in [3.8, 4) is 135 Å². The van der Waals surface area contributed by atoms with Crippen molar-refractivity contribution in [2.75, 3.05) is 21.3 Å². The second-order valence-electron chi connectivity index (χ2n) is 35.1. The Morgan fingerprint density at radius 1 is 0.301 bits per heavy atom. The van der Waals surface area contributed by atoms with E-state index < -0.39 is 0 Å². The molecule has 0 radical (unpaired) electrons. The molecule has 40 heteroatoms. The molecular formula is C106H84Cl2N34O4. The van der Waals surface area contributed by atoms with Crippen LogP contribution in [-0.4, -0.2) is 174 Å². The summed E-state index contributed by atoms with van der Waals surface area (Å²) in [7, 11) is 0. The third-order valence-electron chi connectivity index (χ3n) is 23.7. The molecule has 0 atom stereocenters. The summed E-state index contributed by atoms with van der Waals surface area (Å²) in [6.45, 7) is 13.2. The van der Waals surface area contributed by atoms with E-state index in [2.05, 4.69) is 152 Å². The molecule has 24 rings (SSSR count). The van der Waals surface area contributed by atoms with Gasteiger partial charge in [-0.05, 0) is 114 Å². The Morgan fingerprint density at radius 3 is 0.904 bits per heavy atom. The molecule has 22 aromatic heterocycles. The van der Waals surface area contributed by atoms with Crippen LogP contribution in [0.1, 0.15) is 61.3 Å². The van der Waals surface area contributed by atoms with Gasteiger partial charge in [-0.2, -0.15) is 20.4 Å². The number of fused-ring (bicyclic) bond motifs is 8. The number of rotatable bonds is 21. The Morgan fingerprint density at radius 2 is 0.603 bits per heavy atom. The molecule has 2 aromatic carbocycles. The van der Waals surface area contributed by atoms with E-state index in [0.29, 0.717) is 114 Å². The lowest BCUT2D eigenvalue weighted by molar-refractivity contribution is -0.119. The van der Waals surface area contributed by atoms with Crippen molar-refractivity contribution in [2.45, 2.75) is 61.3 Å². The van der Waals surface area contributed by atoms with E-state index in [0.717, 1.165) is 155 Å². The number of anilines is 4. The molecule has 0 unspecified atom stereocenters. The van der Waals surface area contributed by atoms with E-state index in [4.69, 9.17) is 43.1 Å². The number of pyridine rings is 14. The van der Waals surface area contributed by atoms with Crippen LogP contribution in [0.4, 0.5) is 22.7 Å². The minimum Gasteiger partial charge on any atom is -0.335 e. The van der Waals surface area contributed by atoms with Crippen LogP contribution in [0.25, 0.3) is 224 Å². The highest BCUT2D eigenvalue weighted by atomic mass is 35.5. The minimum absolute atomic E-state index is 0.0406. The molecule has 0 saturated heterocycles. The number of nitrogens with zero attached hydrogens (tertiary/aromatic N) is 22. The normalized spacial score (nSPS) is 11.4. The topological polar surface area (TPSA) is 526 Å². The van der Waals surface area contributed by atoms with Gasteiger partial charge in [0.25, 0.3) is 0 Å². The fourth-order valence-electron chi connectivity index (χ4n) is 16.4. The summed E-state index contributed by atoms with van der Waals surface area (Å²) >= 11 is 12.4. The van der Waals surface area contributed by atoms with Gasteiger partial charge in [0, 0.05) is 188 Å². The minimum atomic E-state index is -0.131. The first-order valence-electron chi connectivity index (χ1n) is 46.3. The number of aromatic amines is 8. The summed E-state index contributed by atoms with van der Waals surface area (Å²) in [5, 5.41) is 45.7. The molecule has 0 spiro atoms. The number of imidazole rings is 4. The van der Waals surface area contributed by atoms with Gasteiger partial charge in [0.05, 0.1) is 138 Å². The number of nitrogens with one attached hydrogen (secondary N) is 12. The zero-order chi connectivity index (χ0) is 100. The maximum absolute atomic E-state index is 12.2. The number of hydrogen-bond acceptors (Lipinski definition) is 26. The molecule has 0 aliphatic carbocycles. The van der Waals surface area contributed by atoms with Gasteiger partial charge in [0.2, 0.25) is 23.6 Å². The SMILES string of the molecule is CC(C)C(=O)Nc1cncc(-c2cnc3n[nH]c(-c4nc5c(-c6cccc(Cl)c6)cncc5[nH]4)c3c2)c1.CC(C)C(=O)Nc1cncc(-c2cnc3n[nH]c(-c4nc5c(-c6ccccn6)cncc5[nH]4)c3c2)c1.CC(C)CC(=O)Nc1cncc(-c2cnc3n[nH]c(-c4nc5c(-c6cccc(Cl)c6)cncc5[nH]4)c3c2)c1.CCC(=O)Nc1cncc(-c2cnc3n[nH]c(-c4nc5c(-c6ccccn6)cncc5[nH]4)c3c2)c1.